The molecule has 1 heterocycles. The molecular formula is C13H28GaN. The van der Waals surface area contributed by atoms with Crippen molar-refractivity contribution in [3.8, 4) is 0 Å². The number of unbranched alkanes of at least 4 members (excludes halogenated alkanes) is 1. The van der Waals surface area contributed by atoms with Gasteiger partial charge in [-0.2, -0.15) is 0 Å². The van der Waals surface area contributed by atoms with Crippen LogP contribution in [0.2, 0.25) is 14.9 Å². The van der Waals surface area contributed by atoms with Crippen molar-refractivity contribution in [2.24, 2.45) is 0 Å². The zero-order chi connectivity index (χ0) is 10.9. The Morgan fingerprint density at radius 2 is 1.60 bits per heavy atom. The van der Waals surface area contributed by atoms with Crippen LogP contribution in [0.4, 0.5) is 0 Å². The Balaban J connectivity index is 1.95. The van der Waals surface area contributed by atoms with Gasteiger partial charge >= 0.3 is 102 Å². The zero-order valence-electron chi connectivity index (χ0n) is 10.8. The molecule has 1 fully saturated rings. The van der Waals surface area contributed by atoms with Crippen molar-refractivity contribution in [3.05, 3.63) is 0 Å². The summed E-state index contributed by atoms with van der Waals surface area (Å²) in [5.74, 6) is 0. The third-order valence-corrected chi connectivity index (χ3v) is 11.7. The minimum absolute atomic E-state index is 0.682. The fraction of sp³-hybridized carbons (Fsp3) is 1.00. The van der Waals surface area contributed by atoms with Gasteiger partial charge in [-0.15, -0.1) is 0 Å². The van der Waals surface area contributed by atoms with E-state index in [0.717, 1.165) is 0 Å². The van der Waals surface area contributed by atoms with Crippen LogP contribution in [0.25, 0.3) is 0 Å². The summed E-state index contributed by atoms with van der Waals surface area (Å²) in [6, 6.07) is 0. The molecule has 0 N–H and O–H groups in total. The van der Waals surface area contributed by atoms with Crippen molar-refractivity contribution in [1.82, 2.24) is 4.90 Å². The zero-order valence-corrected chi connectivity index (χ0v) is 13.2. The SMILES string of the molecule is CCN(CC)CCC[CH2][Ga]1[CH2]CCC[CH2]1. The Hall–Kier alpha value is 0.596. The Morgan fingerprint density at radius 3 is 2.20 bits per heavy atom. The number of hydrogen-bond donors (Lipinski definition) is 0. The molecule has 1 saturated heterocycles. The van der Waals surface area contributed by atoms with Crippen LogP contribution in [0.5, 0.6) is 0 Å². The van der Waals surface area contributed by atoms with Crippen LogP contribution in [0.15, 0.2) is 0 Å². The van der Waals surface area contributed by atoms with Crippen LogP contribution in [0, 0.1) is 0 Å². The van der Waals surface area contributed by atoms with E-state index >= 15 is 0 Å². The van der Waals surface area contributed by atoms with E-state index in [4.69, 9.17) is 0 Å². The predicted molar refractivity (Wildman–Crippen MR) is 71.0 cm³/mol. The first-order chi connectivity index (χ1) is 7.36. The van der Waals surface area contributed by atoms with Gasteiger partial charge in [0, 0.05) is 0 Å². The van der Waals surface area contributed by atoms with Crippen LogP contribution in [-0.4, -0.2) is 40.8 Å². The van der Waals surface area contributed by atoms with Gasteiger partial charge in [-0.1, -0.05) is 0 Å². The van der Waals surface area contributed by atoms with Crippen LogP contribution in [0.1, 0.15) is 46.0 Å². The summed E-state index contributed by atoms with van der Waals surface area (Å²) in [7, 11) is 0. The summed E-state index contributed by atoms with van der Waals surface area (Å²) in [6.07, 6.45) is 7.72. The van der Waals surface area contributed by atoms with Crippen LogP contribution in [0.3, 0.4) is 0 Å². The van der Waals surface area contributed by atoms with Gasteiger partial charge in [0.1, 0.15) is 0 Å². The van der Waals surface area contributed by atoms with Crippen LogP contribution in [-0.2, 0) is 0 Å². The number of nitrogens with zero attached hydrogens (tertiary/aromatic N) is 1. The summed E-state index contributed by atoms with van der Waals surface area (Å²) in [6.45, 7) is 8.38. The second kappa shape index (κ2) is 8.71. The summed E-state index contributed by atoms with van der Waals surface area (Å²) >= 11 is -0.682. The third-order valence-electron chi connectivity index (χ3n) is 3.96. The molecule has 1 aliphatic rings. The molecule has 0 radical (unpaired) electrons. The first-order valence-electron chi connectivity index (χ1n) is 7.09. The van der Waals surface area contributed by atoms with Crippen LogP contribution >= 0.6 is 0 Å². The van der Waals surface area contributed by atoms with E-state index in [1.54, 1.807) is 40.6 Å². The molecule has 1 rings (SSSR count). The predicted octanol–water partition coefficient (Wildman–Crippen LogP) is 3.79. The molecule has 15 heavy (non-hydrogen) atoms. The second-order valence-corrected chi connectivity index (χ2v) is 12.3. The van der Waals surface area contributed by atoms with Crippen molar-refractivity contribution in [1.29, 1.82) is 0 Å². The van der Waals surface area contributed by atoms with E-state index in [2.05, 4.69) is 18.7 Å². The molecular weight excluding hydrogens is 240 g/mol. The van der Waals surface area contributed by atoms with Gasteiger partial charge in [-0.05, 0) is 0 Å². The quantitative estimate of drug-likeness (QED) is 0.501. The molecule has 0 atom stereocenters. The van der Waals surface area contributed by atoms with Crippen molar-refractivity contribution in [2.45, 2.75) is 60.9 Å². The number of rotatable bonds is 7. The molecule has 0 spiro atoms. The molecule has 1 nitrogen and oxygen atoms in total. The third kappa shape index (κ3) is 6.03. The average Bonchev–Trinajstić information content (AvgIpc) is 2.31. The van der Waals surface area contributed by atoms with Gasteiger partial charge in [0.05, 0.1) is 0 Å². The molecule has 0 unspecified atom stereocenters. The molecule has 2 heteroatoms. The standard InChI is InChI=1S/C8H18N.C5H10.Ga/c1-4-7-8-9(5-2)6-3;1-3-5-4-2;/h1,4-8H2,2-3H3;1-5H2;. The Labute approximate surface area is 102 Å². The van der Waals surface area contributed by atoms with E-state index in [9.17, 15) is 0 Å². The first-order valence-corrected chi connectivity index (χ1v) is 12.2. The monoisotopic (exact) mass is 267 g/mol. The first kappa shape index (κ1) is 13.7. The van der Waals surface area contributed by atoms with E-state index in [1.165, 1.54) is 26.1 Å². The molecule has 0 aromatic rings. The summed E-state index contributed by atoms with van der Waals surface area (Å²) < 4.78 is 0. The fourth-order valence-electron chi connectivity index (χ4n) is 2.78. The van der Waals surface area contributed by atoms with Gasteiger partial charge in [0.15, 0.2) is 0 Å². The molecule has 0 bridgehead atoms. The van der Waals surface area contributed by atoms with Gasteiger partial charge < -0.3 is 0 Å². The van der Waals surface area contributed by atoms with Crippen molar-refractivity contribution in [3.63, 3.8) is 0 Å². The molecule has 0 aromatic carbocycles. The molecule has 0 amide bonds. The Kier molecular flexibility index (Phi) is 7.94. The minimum atomic E-state index is -0.682. The normalized spacial score (nSPS) is 17.4. The van der Waals surface area contributed by atoms with E-state index in [-0.39, 0.29) is 0 Å². The summed E-state index contributed by atoms with van der Waals surface area (Å²) in [4.78, 5) is 7.67. The topological polar surface area (TPSA) is 3.24 Å². The molecule has 88 valence electrons. The van der Waals surface area contributed by atoms with Crippen molar-refractivity contribution in [2.75, 3.05) is 19.6 Å². The van der Waals surface area contributed by atoms with Gasteiger partial charge in [0.2, 0.25) is 0 Å². The summed E-state index contributed by atoms with van der Waals surface area (Å²) in [5, 5.41) is 0. The average molecular weight is 268 g/mol. The Bertz CT molecular complexity index is 139. The molecule has 1 aliphatic heterocycles. The maximum atomic E-state index is 2.56. The van der Waals surface area contributed by atoms with Crippen molar-refractivity contribution >= 4 is 16.2 Å². The van der Waals surface area contributed by atoms with Gasteiger partial charge in [0.25, 0.3) is 0 Å². The molecule has 0 saturated carbocycles. The van der Waals surface area contributed by atoms with Crippen molar-refractivity contribution < 1.29 is 0 Å². The van der Waals surface area contributed by atoms with Gasteiger partial charge in [-0.25, -0.2) is 0 Å². The maximum absolute atomic E-state index is 2.56. The van der Waals surface area contributed by atoms with E-state index in [1.807, 2.05) is 0 Å². The summed E-state index contributed by atoms with van der Waals surface area (Å²) in [5.41, 5.74) is 0. The van der Waals surface area contributed by atoms with Crippen LogP contribution < -0.4 is 0 Å². The molecule has 0 aliphatic carbocycles. The Morgan fingerprint density at radius 1 is 0.933 bits per heavy atom. The second-order valence-electron chi connectivity index (χ2n) is 5.03. The van der Waals surface area contributed by atoms with E-state index < -0.39 is 16.2 Å². The molecule has 0 aromatic heterocycles. The number of hydrogen-bond acceptors (Lipinski definition) is 1. The van der Waals surface area contributed by atoms with E-state index in [0.29, 0.717) is 0 Å². The fourth-order valence-corrected chi connectivity index (χ4v) is 10.1. The van der Waals surface area contributed by atoms with Gasteiger partial charge in [-0.3, -0.25) is 0 Å².